The van der Waals surface area contributed by atoms with Crippen LogP contribution in [0.2, 0.25) is 0 Å². The zero-order chi connectivity index (χ0) is 14.1. The molecule has 0 saturated carbocycles. The zero-order valence-corrected chi connectivity index (χ0v) is 12.4. The third-order valence-corrected chi connectivity index (χ3v) is 4.67. The molecule has 0 spiro atoms. The lowest BCUT2D eigenvalue weighted by molar-refractivity contribution is 0.314. The van der Waals surface area contributed by atoms with Crippen LogP contribution in [0, 0.1) is 11.3 Å². The fraction of sp³-hybridized carbons (Fsp3) is 0.625. The molecule has 0 radical (unpaired) electrons. The molecule has 4 nitrogen and oxygen atoms in total. The highest BCUT2D eigenvalue weighted by atomic mass is 15.2. The molecule has 0 amide bonds. The van der Waals surface area contributed by atoms with Gasteiger partial charge < -0.3 is 9.80 Å². The average molecular weight is 270 g/mol. The fourth-order valence-corrected chi connectivity index (χ4v) is 3.45. The Bertz CT molecular complexity index is 546. The van der Waals surface area contributed by atoms with Crippen LogP contribution < -0.4 is 4.90 Å². The monoisotopic (exact) mass is 270 g/mol. The minimum atomic E-state index is 0.585. The second-order valence-electron chi connectivity index (χ2n) is 6.09. The fourth-order valence-electron chi connectivity index (χ4n) is 3.45. The molecule has 0 bridgehead atoms. The first kappa shape index (κ1) is 13.4. The topological polar surface area (TPSA) is 43.2 Å². The minimum absolute atomic E-state index is 0.585. The van der Waals surface area contributed by atoms with Gasteiger partial charge in [0.2, 0.25) is 0 Å². The summed E-state index contributed by atoms with van der Waals surface area (Å²) in [6.07, 6.45) is 5.83. The Kier molecular flexibility index (Phi) is 3.62. The number of aryl methyl sites for hydroxylation is 2. The van der Waals surface area contributed by atoms with Crippen LogP contribution in [0.5, 0.6) is 0 Å². The van der Waals surface area contributed by atoms with Crippen molar-refractivity contribution in [2.45, 2.75) is 38.1 Å². The van der Waals surface area contributed by atoms with Crippen LogP contribution in [-0.4, -0.2) is 43.1 Å². The number of likely N-dealkylation sites (tertiary alicyclic amines) is 1. The lowest BCUT2D eigenvalue weighted by Gasteiger charge is -2.27. The predicted molar refractivity (Wildman–Crippen MR) is 79.9 cm³/mol. The number of hydrogen-bond acceptors (Lipinski definition) is 4. The molecular formula is C16H22N4. The van der Waals surface area contributed by atoms with Gasteiger partial charge in [0, 0.05) is 25.3 Å². The van der Waals surface area contributed by atoms with E-state index in [4.69, 9.17) is 4.98 Å². The van der Waals surface area contributed by atoms with Gasteiger partial charge in [-0.25, -0.2) is 4.98 Å². The summed E-state index contributed by atoms with van der Waals surface area (Å²) in [5, 5.41) is 9.38. The van der Waals surface area contributed by atoms with Crippen LogP contribution in [0.15, 0.2) is 6.07 Å². The van der Waals surface area contributed by atoms with Crippen LogP contribution in [-0.2, 0) is 12.8 Å². The standard InChI is InChI=1S/C16H22N4/c1-19-8-4-6-14(19)11-20(2)16-13(10-17)9-12-5-3-7-15(12)18-16/h9,14H,3-8,11H2,1-2H3. The van der Waals surface area contributed by atoms with Gasteiger partial charge in [-0.15, -0.1) is 0 Å². The maximum atomic E-state index is 9.38. The number of aromatic nitrogens is 1. The first-order valence-corrected chi connectivity index (χ1v) is 7.53. The van der Waals surface area contributed by atoms with E-state index in [0.29, 0.717) is 6.04 Å². The lowest BCUT2D eigenvalue weighted by atomic mass is 10.1. The summed E-state index contributed by atoms with van der Waals surface area (Å²) in [6.45, 7) is 2.14. The number of nitrogens with zero attached hydrogens (tertiary/aromatic N) is 4. The van der Waals surface area contributed by atoms with Crippen molar-refractivity contribution < 1.29 is 0 Å². The molecule has 20 heavy (non-hydrogen) atoms. The lowest BCUT2D eigenvalue weighted by Crippen LogP contribution is -2.37. The zero-order valence-electron chi connectivity index (χ0n) is 12.4. The molecule has 0 N–H and O–H groups in total. The normalized spacial score (nSPS) is 21.8. The van der Waals surface area contributed by atoms with E-state index in [2.05, 4.69) is 36.0 Å². The summed E-state index contributed by atoms with van der Waals surface area (Å²) < 4.78 is 0. The van der Waals surface area contributed by atoms with E-state index >= 15 is 0 Å². The number of pyridine rings is 1. The van der Waals surface area contributed by atoms with E-state index in [1.165, 1.54) is 37.1 Å². The smallest absolute Gasteiger partial charge is 0.146 e. The van der Waals surface area contributed by atoms with Crippen molar-refractivity contribution in [3.63, 3.8) is 0 Å². The highest BCUT2D eigenvalue weighted by Crippen LogP contribution is 2.27. The molecule has 3 rings (SSSR count). The number of fused-ring (bicyclic) bond motifs is 1. The van der Waals surface area contributed by atoms with E-state index in [-0.39, 0.29) is 0 Å². The number of rotatable bonds is 3. The van der Waals surface area contributed by atoms with Crippen molar-refractivity contribution >= 4 is 5.82 Å². The second kappa shape index (κ2) is 5.41. The maximum absolute atomic E-state index is 9.38. The Balaban J connectivity index is 1.83. The molecule has 1 aromatic rings. The molecule has 1 aromatic heterocycles. The van der Waals surface area contributed by atoms with E-state index in [1.54, 1.807) is 0 Å². The summed E-state index contributed by atoms with van der Waals surface area (Å²) in [5.41, 5.74) is 3.20. The van der Waals surface area contributed by atoms with Gasteiger partial charge in [0.15, 0.2) is 0 Å². The largest absolute Gasteiger partial charge is 0.357 e. The Hall–Kier alpha value is -1.60. The molecule has 1 unspecified atom stereocenters. The predicted octanol–water partition coefficient (Wildman–Crippen LogP) is 1.97. The summed E-state index contributed by atoms with van der Waals surface area (Å²) in [4.78, 5) is 9.36. The Morgan fingerprint density at radius 2 is 2.30 bits per heavy atom. The van der Waals surface area contributed by atoms with Gasteiger partial charge in [0.05, 0.1) is 5.56 Å². The van der Waals surface area contributed by atoms with Crippen LogP contribution in [0.25, 0.3) is 0 Å². The van der Waals surface area contributed by atoms with Gasteiger partial charge in [-0.3, -0.25) is 0 Å². The number of nitriles is 1. The third-order valence-electron chi connectivity index (χ3n) is 4.67. The molecular weight excluding hydrogens is 248 g/mol. The first-order chi connectivity index (χ1) is 9.69. The summed E-state index contributed by atoms with van der Waals surface area (Å²) in [6, 6.07) is 4.96. The van der Waals surface area contributed by atoms with Gasteiger partial charge in [0.25, 0.3) is 0 Å². The summed E-state index contributed by atoms with van der Waals surface area (Å²) >= 11 is 0. The van der Waals surface area contributed by atoms with Crippen LogP contribution in [0.4, 0.5) is 5.82 Å². The SMILES string of the molecule is CN(CC1CCCN1C)c1nc2c(cc1C#N)CCC2. The molecule has 1 aliphatic carbocycles. The minimum Gasteiger partial charge on any atom is -0.357 e. The molecule has 1 fully saturated rings. The molecule has 4 heteroatoms. The Morgan fingerprint density at radius 1 is 1.45 bits per heavy atom. The summed E-state index contributed by atoms with van der Waals surface area (Å²) in [5.74, 6) is 0.869. The quantitative estimate of drug-likeness (QED) is 0.842. The molecule has 1 saturated heterocycles. The number of anilines is 1. The van der Waals surface area contributed by atoms with E-state index in [0.717, 1.165) is 30.8 Å². The van der Waals surface area contributed by atoms with Crippen LogP contribution >= 0.6 is 0 Å². The average Bonchev–Trinajstić information content (AvgIpc) is 3.06. The highest BCUT2D eigenvalue weighted by molar-refractivity contribution is 5.56. The van der Waals surface area contributed by atoms with Gasteiger partial charge in [-0.05, 0) is 57.3 Å². The van der Waals surface area contributed by atoms with Crippen molar-refractivity contribution in [2.75, 3.05) is 32.1 Å². The van der Waals surface area contributed by atoms with Crippen molar-refractivity contribution in [1.29, 1.82) is 5.26 Å². The number of likely N-dealkylation sites (N-methyl/N-ethyl adjacent to an activating group) is 2. The van der Waals surface area contributed by atoms with Crippen LogP contribution in [0.3, 0.4) is 0 Å². The van der Waals surface area contributed by atoms with E-state index in [9.17, 15) is 5.26 Å². The number of hydrogen-bond donors (Lipinski definition) is 0. The molecule has 1 atom stereocenters. The van der Waals surface area contributed by atoms with Gasteiger partial charge in [-0.1, -0.05) is 0 Å². The van der Waals surface area contributed by atoms with Gasteiger partial charge >= 0.3 is 0 Å². The van der Waals surface area contributed by atoms with Crippen molar-refractivity contribution in [3.05, 3.63) is 22.9 Å². The molecule has 1 aliphatic heterocycles. The first-order valence-electron chi connectivity index (χ1n) is 7.53. The maximum Gasteiger partial charge on any atom is 0.146 e. The van der Waals surface area contributed by atoms with Crippen molar-refractivity contribution in [3.8, 4) is 6.07 Å². The van der Waals surface area contributed by atoms with Crippen LogP contribution in [0.1, 0.15) is 36.1 Å². The van der Waals surface area contributed by atoms with E-state index < -0.39 is 0 Å². The second-order valence-corrected chi connectivity index (χ2v) is 6.09. The molecule has 2 heterocycles. The Morgan fingerprint density at radius 3 is 3.00 bits per heavy atom. The highest BCUT2D eigenvalue weighted by Gasteiger charge is 2.24. The molecule has 2 aliphatic rings. The van der Waals surface area contributed by atoms with Gasteiger partial charge in [-0.2, -0.15) is 5.26 Å². The Labute approximate surface area is 121 Å². The molecule has 0 aromatic carbocycles. The summed E-state index contributed by atoms with van der Waals surface area (Å²) in [7, 11) is 4.25. The molecule has 106 valence electrons. The van der Waals surface area contributed by atoms with Gasteiger partial charge in [0.1, 0.15) is 11.9 Å². The van der Waals surface area contributed by atoms with Crippen molar-refractivity contribution in [2.24, 2.45) is 0 Å². The van der Waals surface area contributed by atoms with Crippen molar-refractivity contribution in [1.82, 2.24) is 9.88 Å². The van der Waals surface area contributed by atoms with E-state index in [1.807, 2.05) is 0 Å². The third kappa shape index (κ3) is 2.38.